The number of hydrogen-bond acceptors (Lipinski definition) is 4. The van der Waals surface area contributed by atoms with E-state index in [2.05, 4.69) is 16.0 Å². The third-order valence-electron chi connectivity index (χ3n) is 3.67. The molecule has 0 aromatic carbocycles. The van der Waals surface area contributed by atoms with Crippen LogP contribution in [-0.2, 0) is 0 Å². The van der Waals surface area contributed by atoms with Crippen LogP contribution < -0.4 is 4.90 Å². The third-order valence-corrected chi connectivity index (χ3v) is 3.67. The molecule has 1 aromatic rings. The molecule has 1 aromatic heterocycles. The minimum atomic E-state index is -0.842. The predicted molar refractivity (Wildman–Crippen MR) is 63.2 cm³/mol. The maximum Gasteiger partial charge on any atom is 0.407 e. The summed E-state index contributed by atoms with van der Waals surface area (Å²) in [4.78, 5) is 18.7. The van der Waals surface area contributed by atoms with Gasteiger partial charge in [0.25, 0.3) is 0 Å². The van der Waals surface area contributed by atoms with E-state index in [1.165, 1.54) is 11.1 Å². The van der Waals surface area contributed by atoms with E-state index >= 15 is 0 Å². The van der Waals surface area contributed by atoms with Gasteiger partial charge in [-0.1, -0.05) is 0 Å². The average molecular weight is 244 g/mol. The lowest BCUT2D eigenvalue weighted by Crippen LogP contribution is -2.48. The number of nitriles is 1. The first-order valence-corrected chi connectivity index (χ1v) is 5.80. The van der Waals surface area contributed by atoms with Gasteiger partial charge in [-0.05, 0) is 12.5 Å². The highest BCUT2D eigenvalue weighted by atomic mass is 16.4. The molecular formula is C12H12N4O2. The van der Waals surface area contributed by atoms with Gasteiger partial charge in [-0.15, -0.1) is 0 Å². The third kappa shape index (κ3) is 1.56. The fraction of sp³-hybridized carbons (Fsp3) is 0.417. The Morgan fingerprint density at radius 1 is 1.44 bits per heavy atom. The van der Waals surface area contributed by atoms with Crippen LogP contribution in [-0.4, -0.2) is 46.3 Å². The zero-order valence-corrected chi connectivity index (χ0v) is 9.65. The highest BCUT2D eigenvalue weighted by Gasteiger charge is 2.45. The maximum atomic E-state index is 11.0. The molecule has 0 unspecified atom stereocenters. The van der Waals surface area contributed by atoms with Crippen molar-refractivity contribution in [3.63, 3.8) is 0 Å². The molecule has 0 spiro atoms. The number of rotatable bonds is 1. The lowest BCUT2D eigenvalue weighted by atomic mass is 10.2. The van der Waals surface area contributed by atoms with Crippen molar-refractivity contribution in [3.05, 3.63) is 24.0 Å². The van der Waals surface area contributed by atoms with Gasteiger partial charge in [0.15, 0.2) is 0 Å². The van der Waals surface area contributed by atoms with E-state index in [4.69, 9.17) is 10.4 Å². The second-order valence-electron chi connectivity index (χ2n) is 4.67. The Hall–Kier alpha value is -2.29. The zero-order valence-electron chi connectivity index (χ0n) is 9.65. The van der Waals surface area contributed by atoms with Crippen molar-refractivity contribution < 1.29 is 9.90 Å². The monoisotopic (exact) mass is 244 g/mol. The minimum Gasteiger partial charge on any atom is -0.465 e. The van der Waals surface area contributed by atoms with Gasteiger partial charge in [0.1, 0.15) is 6.07 Å². The summed E-state index contributed by atoms with van der Waals surface area (Å²) in [5, 5.41) is 17.9. The summed E-state index contributed by atoms with van der Waals surface area (Å²) in [5.74, 6) is 0. The average Bonchev–Trinajstić information content (AvgIpc) is 2.98. The summed E-state index contributed by atoms with van der Waals surface area (Å²) in [6, 6.07) is 4.15. The number of carbonyl (C=O) groups is 1. The summed E-state index contributed by atoms with van der Waals surface area (Å²) in [5.41, 5.74) is 1.44. The molecule has 3 heterocycles. The van der Waals surface area contributed by atoms with Crippen molar-refractivity contribution in [2.45, 2.75) is 18.5 Å². The van der Waals surface area contributed by atoms with Crippen LogP contribution in [0.1, 0.15) is 12.0 Å². The summed E-state index contributed by atoms with van der Waals surface area (Å²) in [6.45, 7) is 1.23. The second kappa shape index (κ2) is 3.88. The van der Waals surface area contributed by atoms with Gasteiger partial charge < -0.3 is 14.9 Å². The number of carboxylic acid groups (broad SMARTS) is 1. The molecule has 2 bridgehead atoms. The number of aromatic nitrogens is 1. The molecule has 2 atom stereocenters. The van der Waals surface area contributed by atoms with Crippen molar-refractivity contribution in [1.82, 2.24) is 9.88 Å². The number of pyridine rings is 1. The number of likely N-dealkylation sites (tertiary alicyclic amines) is 1. The number of hydrogen-bond donors (Lipinski definition) is 1. The molecule has 2 fully saturated rings. The molecule has 0 radical (unpaired) electrons. The van der Waals surface area contributed by atoms with Gasteiger partial charge >= 0.3 is 6.09 Å². The van der Waals surface area contributed by atoms with Crippen LogP contribution in [0.3, 0.4) is 0 Å². The van der Waals surface area contributed by atoms with E-state index < -0.39 is 6.09 Å². The first kappa shape index (κ1) is 10.8. The van der Waals surface area contributed by atoms with Crippen molar-refractivity contribution in [3.8, 4) is 6.07 Å². The maximum absolute atomic E-state index is 11.0. The van der Waals surface area contributed by atoms with Crippen LogP contribution in [0.2, 0.25) is 0 Å². The lowest BCUT2D eigenvalue weighted by Gasteiger charge is -2.33. The Morgan fingerprint density at radius 3 is 2.89 bits per heavy atom. The van der Waals surface area contributed by atoms with E-state index in [0.717, 1.165) is 12.1 Å². The Labute approximate surface area is 104 Å². The topological polar surface area (TPSA) is 80.5 Å². The lowest BCUT2D eigenvalue weighted by molar-refractivity contribution is 0.137. The Bertz CT molecular complexity index is 539. The van der Waals surface area contributed by atoms with Gasteiger partial charge in [-0.25, -0.2) is 4.79 Å². The molecule has 6 nitrogen and oxygen atoms in total. The zero-order chi connectivity index (χ0) is 12.7. The van der Waals surface area contributed by atoms with Crippen LogP contribution in [0.4, 0.5) is 10.5 Å². The van der Waals surface area contributed by atoms with E-state index in [1.54, 1.807) is 12.3 Å². The normalized spacial score (nSPS) is 25.3. The van der Waals surface area contributed by atoms with E-state index in [9.17, 15) is 4.79 Å². The molecule has 2 aliphatic rings. The molecule has 2 saturated heterocycles. The second-order valence-corrected chi connectivity index (χ2v) is 4.67. The van der Waals surface area contributed by atoms with Gasteiger partial charge in [-0.3, -0.25) is 4.98 Å². The SMILES string of the molecule is N#Cc1cncc(N2C[C@@H]3C[C@H]2CN3C(=O)O)c1. The van der Waals surface area contributed by atoms with Crippen molar-refractivity contribution in [2.75, 3.05) is 18.0 Å². The van der Waals surface area contributed by atoms with Crippen molar-refractivity contribution in [2.24, 2.45) is 0 Å². The molecule has 18 heavy (non-hydrogen) atoms. The van der Waals surface area contributed by atoms with Crippen LogP contribution in [0.5, 0.6) is 0 Å². The number of piperazine rings is 1. The number of fused-ring (bicyclic) bond motifs is 2. The fourth-order valence-corrected chi connectivity index (χ4v) is 2.86. The number of amides is 1. The molecule has 0 saturated carbocycles. The van der Waals surface area contributed by atoms with Crippen molar-refractivity contribution >= 4 is 11.8 Å². The Kier molecular flexibility index (Phi) is 2.33. The number of nitrogens with zero attached hydrogens (tertiary/aromatic N) is 4. The summed E-state index contributed by atoms with van der Waals surface area (Å²) in [7, 11) is 0. The van der Waals surface area contributed by atoms with Crippen LogP contribution in [0.25, 0.3) is 0 Å². The van der Waals surface area contributed by atoms with Gasteiger partial charge in [0.05, 0.1) is 23.5 Å². The molecule has 1 amide bonds. The first-order valence-electron chi connectivity index (χ1n) is 5.80. The molecule has 3 rings (SSSR count). The fourth-order valence-electron chi connectivity index (χ4n) is 2.86. The Balaban J connectivity index is 1.82. The van der Waals surface area contributed by atoms with Gasteiger partial charge in [0.2, 0.25) is 0 Å². The Morgan fingerprint density at radius 2 is 2.28 bits per heavy atom. The van der Waals surface area contributed by atoms with Crippen molar-refractivity contribution in [1.29, 1.82) is 5.26 Å². The van der Waals surface area contributed by atoms with Crippen LogP contribution in [0.15, 0.2) is 18.5 Å². The molecule has 6 heteroatoms. The summed E-state index contributed by atoms with van der Waals surface area (Å²) in [6.07, 6.45) is 3.28. The smallest absolute Gasteiger partial charge is 0.407 e. The first-order chi connectivity index (χ1) is 8.69. The van der Waals surface area contributed by atoms with Gasteiger partial charge in [-0.2, -0.15) is 5.26 Å². The van der Waals surface area contributed by atoms with E-state index in [1.807, 2.05) is 0 Å². The summed E-state index contributed by atoms with van der Waals surface area (Å²) >= 11 is 0. The largest absolute Gasteiger partial charge is 0.465 e. The van der Waals surface area contributed by atoms with Gasteiger partial charge in [0, 0.05) is 25.3 Å². The quantitative estimate of drug-likeness (QED) is 0.793. The standard InChI is InChI=1S/C12H12N4O2/c13-3-8-1-9(5-14-4-8)15-6-11-2-10(15)7-16(11)12(17)18/h1,4-5,10-11H,2,6-7H2,(H,17,18)/t10-,11-/m0/s1. The minimum absolute atomic E-state index is 0.0678. The van der Waals surface area contributed by atoms with Crippen LogP contribution >= 0.6 is 0 Å². The molecule has 2 aliphatic heterocycles. The molecule has 92 valence electrons. The van der Waals surface area contributed by atoms with E-state index in [0.29, 0.717) is 18.7 Å². The highest BCUT2D eigenvalue weighted by Crippen LogP contribution is 2.34. The number of anilines is 1. The molecular weight excluding hydrogens is 232 g/mol. The van der Waals surface area contributed by atoms with Crippen LogP contribution in [0, 0.1) is 11.3 Å². The molecule has 1 N–H and O–H groups in total. The summed E-state index contributed by atoms with van der Waals surface area (Å²) < 4.78 is 0. The highest BCUT2D eigenvalue weighted by molar-refractivity contribution is 5.67. The predicted octanol–water partition coefficient (Wildman–Crippen LogP) is 0.894. The molecule has 0 aliphatic carbocycles. The van der Waals surface area contributed by atoms with E-state index in [-0.39, 0.29) is 12.1 Å².